The topological polar surface area (TPSA) is 65.6 Å². The summed E-state index contributed by atoms with van der Waals surface area (Å²) in [4.78, 5) is 34.0. The van der Waals surface area contributed by atoms with Gasteiger partial charge in [0.2, 0.25) is 11.8 Å². The molecule has 0 aliphatic carbocycles. The summed E-state index contributed by atoms with van der Waals surface area (Å²) < 4.78 is 5.14. The SMILES string of the molecule is COCCCN1CC(=O)N2[C@H](c3ccccc3C)c3[nH]c4ccccc4c3C[C@H]2C1=O. The van der Waals surface area contributed by atoms with E-state index >= 15 is 0 Å². The molecule has 3 heterocycles. The van der Waals surface area contributed by atoms with Gasteiger partial charge in [-0.2, -0.15) is 0 Å². The Balaban J connectivity index is 1.63. The number of aryl methyl sites for hydroxylation is 1. The Morgan fingerprint density at radius 2 is 1.87 bits per heavy atom. The predicted molar refractivity (Wildman–Crippen MR) is 119 cm³/mol. The van der Waals surface area contributed by atoms with Crippen LogP contribution in [0.4, 0.5) is 0 Å². The number of benzene rings is 2. The average molecular weight is 418 g/mol. The molecule has 1 saturated heterocycles. The molecule has 2 amide bonds. The molecule has 31 heavy (non-hydrogen) atoms. The van der Waals surface area contributed by atoms with Gasteiger partial charge in [-0.25, -0.2) is 0 Å². The molecule has 1 aromatic heterocycles. The molecule has 0 saturated carbocycles. The monoisotopic (exact) mass is 417 g/mol. The second-order valence-corrected chi connectivity index (χ2v) is 8.45. The molecule has 6 heteroatoms. The number of rotatable bonds is 5. The minimum absolute atomic E-state index is 0.000393. The summed E-state index contributed by atoms with van der Waals surface area (Å²) in [7, 11) is 1.65. The highest BCUT2D eigenvalue weighted by Crippen LogP contribution is 2.43. The van der Waals surface area contributed by atoms with Crippen LogP contribution in [0.2, 0.25) is 0 Å². The fourth-order valence-electron chi connectivity index (χ4n) is 5.13. The van der Waals surface area contributed by atoms with Gasteiger partial charge in [0.1, 0.15) is 6.04 Å². The lowest BCUT2D eigenvalue weighted by molar-refractivity contribution is -0.158. The summed E-state index contributed by atoms with van der Waals surface area (Å²) in [5.41, 5.74) is 5.39. The van der Waals surface area contributed by atoms with Crippen LogP contribution >= 0.6 is 0 Å². The number of carbonyl (C=O) groups excluding carboxylic acids is 2. The molecule has 2 aliphatic rings. The molecule has 2 aromatic carbocycles. The summed E-state index contributed by atoms with van der Waals surface area (Å²) in [6.45, 7) is 3.30. The van der Waals surface area contributed by atoms with E-state index < -0.39 is 6.04 Å². The Hall–Kier alpha value is -3.12. The summed E-state index contributed by atoms with van der Waals surface area (Å²) in [6.07, 6.45) is 1.26. The Bertz CT molecular complexity index is 1150. The molecule has 1 fully saturated rings. The third-order valence-electron chi connectivity index (χ3n) is 6.60. The Morgan fingerprint density at radius 1 is 1.10 bits per heavy atom. The van der Waals surface area contributed by atoms with Gasteiger partial charge in [0.15, 0.2) is 0 Å². The number of ether oxygens (including phenoxy) is 1. The summed E-state index contributed by atoms with van der Waals surface area (Å²) in [5, 5.41) is 1.13. The quantitative estimate of drug-likeness (QED) is 0.649. The molecule has 0 bridgehead atoms. The Labute approximate surface area is 181 Å². The highest BCUT2D eigenvalue weighted by Gasteiger charge is 2.48. The minimum atomic E-state index is -0.486. The lowest BCUT2D eigenvalue weighted by atomic mass is 9.85. The van der Waals surface area contributed by atoms with E-state index in [0.29, 0.717) is 19.6 Å². The second kappa shape index (κ2) is 7.85. The lowest BCUT2D eigenvalue weighted by Gasteiger charge is -2.47. The van der Waals surface area contributed by atoms with Crippen LogP contribution in [0.25, 0.3) is 10.9 Å². The number of carbonyl (C=O) groups is 2. The van der Waals surface area contributed by atoms with Crippen molar-refractivity contribution in [3.05, 3.63) is 70.9 Å². The lowest BCUT2D eigenvalue weighted by Crippen LogP contribution is -2.63. The van der Waals surface area contributed by atoms with Crippen molar-refractivity contribution in [2.75, 3.05) is 26.8 Å². The van der Waals surface area contributed by atoms with E-state index in [-0.39, 0.29) is 24.4 Å². The molecule has 2 aliphatic heterocycles. The predicted octanol–water partition coefficient (Wildman–Crippen LogP) is 3.20. The van der Waals surface area contributed by atoms with Crippen molar-refractivity contribution < 1.29 is 14.3 Å². The molecule has 0 radical (unpaired) electrons. The zero-order chi connectivity index (χ0) is 21.5. The van der Waals surface area contributed by atoms with Crippen molar-refractivity contribution in [3.8, 4) is 0 Å². The van der Waals surface area contributed by atoms with E-state index in [1.165, 1.54) is 0 Å². The van der Waals surface area contributed by atoms with Crippen molar-refractivity contribution in [1.29, 1.82) is 0 Å². The van der Waals surface area contributed by atoms with Crippen LogP contribution in [0, 0.1) is 6.92 Å². The zero-order valence-electron chi connectivity index (χ0n) is 17.9. The second-order valence-electron chi connectivity index (χ2n) is 8.45. The molecule has 0 unspecified atom stereocenters. The van der Waals surface area contributed by atoms with E-state index in [1.54, 1.807) is 12.0 Å². The third kappa shape index (κ3) is 3.22. The van der Waals surface area contributed by atoms with Gasteiger partial charge >= 0.3 is 0 Å². The summed E-state index contributed by atoms with van der Waals surface area (Å²) >= 11 is 0. The number of para-hydroxylation sites is 1. The van der Waals surface area contributed by atoms with Crippen LogP contribution in [-0.2, 0) is 20.7 Å². The largest absolute Gasteiger partial charge is 0.385 e. The van der Waals surface area contributed by atoms with Gasteiger partial charge in [0, 0.05) is 43.3 Å². The van der Waals surface area contributed by atoms with Crippen molar-refractivity contribution in [3.63, 3.8) is 0 Å². The molecule has 5 rings (SSSR count). The van der Waals surface area contributed by atoms with E-state index in [1.807, 2.05) is 29.2 Å². The number of methoxy groups -OCH3 is 1. The molecule has 0 spiro atoms. The van der Waals surface area contributed by atoms with Gasteiger partial charge < -0.3 is 19.5 Å². The first-order chi connectivity index (χ1) is 15.1. The van der Waals surface area contributed by atoms with E-state index in [2.05, 4.69) is 36.2 Å². The number of hydrogen-bond acceptors (Lipinski definition) is 3. The third-order valence-corrected chi connectivity index (χ3v) is 6.60. The van der Waals surface area contributed by atoms with Gasteiger partial charge in [-0.3, -0.25) is 9.59 Å². The summed E-state index contributed by atoms with van der Waals surface area (Å²) in [6, 6.07) is 15.6. The molecule has 3 aromatic rings. The number of piperazine rings is 1. The number of aromatic amines is 1. The fourth-order valence-corrected chi connectivity index (χ4v) is 5.13. The van der Waals surface area contributed by atoms with Gasteiger partial charge in [0.25, 0.3) is 0 Å². The van der Waals surface area contributed by atoms with E-state index in [4.69, 9.17) is 4.74 Å². The maximum Gasteiger partial charge on any atom is 0.246 e. The first-order valence-electron chi connectivity index (χ1n) is 10.8. The molecular weight excluding hydrogens is 390 g/mol. The van der Waals surface area contributed by atoms with Crippen LogP contribution < -0.4 is 0 Å². The molecule has 160 valence electrons. The Kier molecular flexibility index (Phi) is 5.02. The smallest absolute Gasteiger partial charge is 0.246 e. The average Bonchev–Trinajstić information content (AvgIpc) is 3.15. The highest BCUT2D eigenvalue weighted by molar-refractivity contribution is 5.97. The van der Waals surface area contributed by atoms with Crippen LogP contribution in [0.5, 0.6) is 0 Å². The first kappa shape index (κ1) is 19.8. The van der Waals surface area contributed by atoms with Gasteiger partial charge in [-0.15, -0.1) is 0 Å². The Morgan fingerprint density at radius 3 is 2.68 bits per heavy atom. The van der Waals surface area contributed by atoms with Crippen molar-refractivity contribution in [2.24, 2.45) is 0 Å². The normalized spacial score (nSPS) is 20.8. The van der Waals surface area contributed by atoms with Gasteiger partial charge in [-0.1, -0.05) is 42.5 Å². The van der Waals surface area contributed by atoms with Crippen LogP contribution in [0.3, 0.4) is 0 Å². The van der Waals surface area contributed by atoms with E-state index in [0.717, 1.165) is 39.7 Å². The number of fused-ring (bicyclic) bond motifs is 4. The van der Waals surface area contributed by atoms with E-state index in [9.17, 15) is 9.59 Å². The number of hydrogen-bond donors (Lipinski definition) is 1. The molecule has 2 atom stereocenters. The number of nitrogens with one attached hydrogen (secondary N) is 1. The maximum absolute atomic E-state index is 13.5. The number of amides is 2. The zero-order valence-corrected chi connectivity index (χ0v) is 17.9. The number of nitrogens with zero attached hydrogens (tertiary/aromatic N) is 2. The van der Waals surface area contributed by atoms with Crippen molar-refractivity contribution in [2.45, 2.75) is 31.8 Å². The van der Waals surface area contributed by atoms with Crippen LogP contribution in [0.1, 0.15) is 34.8 Å². The summed E-state index contributed by atoms with van der Waals surface area (Å²) in [5.74, 6) is 0.0322. The number of H-pyrrole nitrogens is 1. The fraction of sp³-hybridized carbons (Fsp3) is 0.360. The van der Waals surface area contributed by atoms with Crippen molar-refractivity contribution in [1.82, 2.24) is 14.8 Å². The molecule has 1 N–H and O–H groups in total. The number of aromatic nitrogens is 1. The minimum Gasteiger partial charge on any atom is -0.385 e. The molecule has 6 nitrogen and oxygen atoms in total. The van der Waals surface area contributed by atoms with Crippen LogP contribution in [0.15, 0.2) is 48.5 Å². The first-order valence-corrected chi connectivity index (χ1v) is 10.8. The van der Waals surface area contributed by atoms with Crippen LogP contribution in [-0.4, -0.2) is 59.4 Å². The van der Waals surface area contributed by atoms with Crippen molar-refractivity contribution >= 4 is 22.7 Å². The van der Waals surface area contributed by atoms with Gasteiger partial charge in [-0.05, 0) is 36.1 Å². The highest BCUT2D eigenvalue weighted by atomic mass is 16.5. The maximum atomic E-state index is 13.5. The van der Waals surface area contributed by atoms with Gasteiger partial charge in [0.05, 0.1) is 12.6 Å². The molecular formula is C25H27N3O3. The standard InChI is InChI=1S/C25H27N3O3/c1-16-8-3-4-9-17(16)24-23-19(18-10-5-6-11-20(18)26-23)14-21-25(30)27(12-7-13-31-2)15-22(29)28(21)24/h3-6,8-11,21,24,26H,7,12-15H2,1-2H3/t21-,24+/m0/s1.